The molecular weight excluding hydrogens is 237 g/mol. The first kappa shape index (κ1) is 12.1. The maximum absolute atomic E-state index is 13.2. The molecule has 1 aromatic carbocycles. The molecule has 0 aliphatic carbocycles. The molecule has 0 heterocycles. The monoisotopic (exact) mass is 245 g/mol. The molecule has 0 spiro atoms. The molecule has 0 saturated heterocycles. The third-order valence-corrected chi connectivity index (χ3v) is 1.92. The fourth-order valence-electron chi connectivity index (χ4n) is 0.997. The van der Waals surface area contributed by atoms with Gasteiger partial charge in [-0.05, 0) is 32.1 Å². The van der Waals surface area contributed by atoms with Crippen molar-refractivity contribution >= 4 is 34.7 Å². The van der Waals surface area contributed by atoms with Gasteiger partial charge in [-0.2, -0.15) is 4.99 Å². The van der Waals surface area contributed by atoms with E-state index in [0.717, 1.165) is 6.07 Å². The van der Waals surface area contributed by atoms with Crippen LogP contribution in [0.3, 0.4) is 0 Å². The van der Waals surface area contributed by atoms with Gasteiger partial charge >= 0.3 is 0 Å². The largest absolute Gasteiger partial charge is 0.489 e. The van der Waals surface area contributed by atoms with Crippen molar-refractivity contribution in [3.8, 4) is 5.75 Å². The van der Waals surface area contributed by atoms with Crippen LogP contribution >= 0.6 is 23.8 Å². The van der Waals surface area contributed by atoms with E-state index >= 15 is 0 Å². The van der Waals surface area contributed by atoms with Gasteiger partial charge in [0.05, 0.1) is 16.3 Å². The van der Waals surface area contributed by atoms with Gasteiger partial charge < -0.3 is 4.74 Å². The van der Waals surface area contributed by atoms with Crippen LogP contribution in [0.15, 0.2) is 17.1 Å². The summed E-state index contributed by atoms with van der Waals surface area (Å²) in [5.41, 5.74) is 0.0741. The fourth-order valence-corrected chi connectivity index (χ4v) is 1.29. The lowest BCUT2D eigenvalue weighted by atomic mass is 10.3. The molecule has 15 heavy (non-hydrogen) atoms. The molecule has 5 heteroatoms. The van der Waals surface area contributed by atoms with Gasteiger partial charge in [0.25, 0.3) is 0 Å². The van der Waals surface area contributed by atoms with Gasteiger partial charge in [0, 0.05) is 6.07 Å². The summed E-state index contributed by atoms with van der Waals surface area (Å²) in [7, 11) is 0. The number of ether oxygens (including phenoxy) is 1. The van der Waals surface area contributed by atoms with Crippen molar-refractivity contribution in [3.05, 3.63) is 23.0 Å². The third-order valence-electron chi connectivity index (χ3n) is 1.53. The topological polar surface area (TPSA) is 21.6 Å². The van der Waals surface area contributed by atoms with Crippen molar-refractivity contribution in [1.82, 2.24) is 0 Å². The Hall–Kier alpha value is -0.960. The number of thiocarbonyl (C=S) groups is 1. The third kappa shape index (κ3) is 3.27. The Kier molecular flexibility index (Phi) is 4.21. The molecule has 0 radical (unpaired) electrons. The Balaban J connectivity index is 3.16. The number of hydrogen-bond donors (Lipinski definition) is 0. The number of nitrogens with zero attached hydrogens (tertiary/aromatic N) is 1. The second-order valence-corrected chi connectivity index (χ2v) is 3.69. The van der Waals surface area contributed by atoms with E-state index in [9.17, 15) is 4.39 Å². The molecule has 1 aromatic rings. The second kappa shape index (κ2) is 5.21. The first-order valence-electron chi connectivity index (χ1n) is 4.28. The molecule has 0 N–H and O–H groups in total. The van der Waals surface area contributed by atoms with Crippen LogP contribution < -0.4 is 4.74 Å². The molecular formula is C10H9ClFNOS. The van der Waals surface area contributed by atoms with E-state index in [0.29, 0.717) is 5.75 Å². The highest BCUT2D eigenvalue weighted by Crippen LogP contribution is 2.32. The van der Waals surface area contributed by atoms with E-state index in [-0.39, 0.29) is 16.8 Å². The van der Waals surface area contributed by atoms with Crippen LogP contribution in [-0.4, -0.2) is 11.3 Å². The fraction of sp³-hybridized carbons (Fsp3) is 0.300. The zero-order valence-electron chi connectivity index (χ0n) is 8.25. The van der Waals surface area contributed by atoms with Gasteiger partial charge in [0.1, 0.15) is 11.4 Å². The number of halogens is 2. The minimum absolute atomic E-state index is 0.0442. The lowest BCUT2D eigenvalue weighted by Gasteiger charge is -2.11. The summed E-state index contributed by atoms with van der Waals surface area (Å²) in [6.07, 6.45) is -0.0442. The zero-order chi connectivity index (χ0) is 11.4. The number of benzene rings is 1. The van der Waals surface area contributed by atoms with Gasteiger partial charge in [0.15, 0.2) is 5.82 Å². The van der Waals surface area contributed by atoms with E-state index in [1.165, 1.54) is 6.07 Å². The predicted molar refractivity (Wildman–Crippen MR) is 61.9 cm³/mol. The molecule has 0 fully saturated rings. The molecule has 0 saturated carbocycles. The molecule has 0 bridgehead atoms. The van der Waals surface area contributed by atoms with Gasteiger partial charge in [-0.15, -0.1) is 0 Å². The Morgan fingerprint density at radius 1 is 1.53 bits per heavy atom. The normalized spacial score (nSPS) is 9.93. The highest BCUT2D eigenvalue weighted by atomic mass is 35.5. The standard InChI is InChI=1S/C10H9ClFNOS/c1-6(2)14-10-4-9(13-5-15)8(12)3-7(10)11/h3-4,6H,1-2H3. The summed E-state index contributed by atoms with van der Waals surface area (Å²) in [4.78, 5) is 3.57. The Morgan fingerprint density at radius 3 is 2.73 bits per heavy atom. The van der Waals surface area contributed by atoms with Crippen molar-refractivity contribution in [2.24, 2.45) is 4.99 Å². The van der Waals surface area contributed by atoms with Crippen LogP contribution in [0.5, 0.6) is 5.75 Å². The molecule has 2 nitrogen and oxygen atoms in total. The molecule has 1 rings (SSSR count). The van der Waals surface area contributed by atoms with Crippen molar-refractivity contribution in [2.75, 3.05) is 0 Å². The maximum Gasteiger partial charge on any atom is 0.151 e. The Morgan fingerprint density at radius 2 is 2.20 bits per heavy atom. The van der Waals surface area contributed by atoms with Gasteiger partial charge in [-0.1, -0.05) is 11.6 Å². The number of isothiocyanates is 1. The summed E-state index contributed by atoms with van der Waals surface area (Å²) in [6, 6.07) is 2.54. The van der Waals surface area contributed by atoms with Crippen molar-refractivity contribution < 1.29 is 9.13 Å². The SMILES string of the molecule is CC(C)Oc1cc(N=C=S)c(F)cc1Cl. The second-order valence-electron chi connectivity index (χ2n) is 3.10. The molecule has 0 unspecified atom stereocenters. The van der Waals surface area contributed by atoms with E-state index < -0.39 is 5.82 Å². The molecule has 0 aliphatic rings. The summed E-state index contributed by atoms with van der Waals surface area (Å²) in [5, 5.41) is 2.31. The van der Waals surface area contributed by atoms with Crippen LogP contribution in [0.4, 0.5) is 10.1 Å². The van der Waals surface area contributed by atoms with E-state index in [1.54, 1.807) is 0 Å². The Bertz CT molecular complexity index is 416. The van der Waals surface area contributed by atoms with Crippen molar-refractivity contribution in [3.63, 3.8) is 0 Å². The highest BCUT2D eigenvalue weighted by Gasteiger charge is 2.10. The van der Waals surface area contributed by atoms with Crippen LogP contribution in [0.2, 0.25) is 5.02 Å². The summed E-state index contributed by atoms with van der Waals surface area (Å²) >= 11 is 10.2. The molecule has 0 atom stereocenters. The van der Waals surface area contributed by atoms with Crippen LogP contribution in [0.1, 0.15) is 13.8 Å². The molecule has 80 valence electrons. The van der Waals surface area contributed by atoms with Crippen LogP contribution in [0.25, 0.3) is 0 Å². The molecule has 0 aliphatic heterocycles. The Labute approximate surface area is 97.7 Å². The van der Waals surface area contributed by atoms with Crippen molar-refractivity contribution in [1.29, 1.82) is 0 Å². The van der Waals surface area contributed by atoms with E-state index in [2.05, 4.69) is 22.4 Å². The lowest BCUT2D eigenvalue weighted by molar-refractivity contribution is 0.242. The minimum atomic E-state index is -0.548. The van der Waals surface area contributed by atoms with Crippen molar-refractivity contribution in [2.45, 2.75) is 20.0 Å². The number of aliphatic imine (C=N–C) groups is 1. The molecule has 0 amide bonds. The van der Waals surface area contributed by atoms with Crippen LogP contribution in [0, 0.1) is 5.82 Å². The molecule has 0 aromatic heterocycles. The minimum Gasteiger partial charge on any atom is -0.489 e. The lowest BCUT2D eigenvalue weighted by Crippen LogP contribution is -2.05. The van der Waals surface area contributed by atoms with Gasteiger partial charge in [0.2, 0.25) is 0 Å². The van der Waals surface area contributed by atoms with Gasteiger partial charge in [-0.25, -0.2) is 4.39 Å². The maximum atomic E-state index is 13.2. The highest BCUT2D eigenvalue weighted by molar-refractivity contribution is 7.78. The predicted octanol–water partition coefficient (Wildman–Crippen LogP) is 4.00. The van der Waals surface area contributed by atoms with E-state index in [4.69, 9.17) is 16.3 Å². The zero-order valence-corrected chi connectivity index (χ0v) is 9.82. The summed E-state index contributed by atoms with van der Waals surface area (Å²) < 4.78 is 18.6. The average molecular weight is 246 g/mol. The quantitative estimate of drug-likeness (QED) is 0.593. The summed E-state index contributed by atoms with van der Waals surface area (Å²) in [6.45, 7) is 3.70. The first-order chi connectivity index (χ1) is 7.04. The number of hydrogen-bond acceptors (Lipinski definition) is 3. The van der Waals surface area contributed by atoms with E-state index in [1.807, 2.05) is 13.8 Å². The van der Waals surface area contributed by atoms with Crippen LogP contribution in [-0.2, 0) is 0 Å². The smallest absolute Gasteiger partial charge is 0.151 e. The average Bonchev–Trinajstić information content (AvgIpc) is 2.12. The van der Waals surface area contributed by atoms with Gasteiger partial charge in [-0.3, -0.25) is 0 Å². The number of rotatable bonds is 3. The summed E-state index contributed by atoms with van der Waals surface area (Å²) in [5.74, 6) is -0.162. The first-order valence-corrected chi connectivity index (χ1v) is 5.06.